The Labute approximate surface area is 163 Å². The molecule has 0 saturated heterocycles. The lowest BCUT2D eigenvalue weighted by atomic mass is 9.99. The smallest absolute Gasteiger partial charge is 0.314 e. The third-order valence-corrected chi connectivity index (χ3v) is 5.13. The van der Waals surface area contributed by atoms with E-state index in [1.807, 2.05) is 17.9 Å². The van der Waals surface area contributed by atoms with Gasteiger partial charge in [0.05, 0.1) is 0 Å². The lowest BCUT2D eigenvalue weighted by molar-refractivity contribution is -0.132. The maximum Gasteiger partial charge on any atom is 0.314 e. The van der Waals surface area contributed by atoms with Gasteiger partial charge >= 0.3 is 6.03 Å². The Bertz CT molecular complexity index is 615. The van der Waals surface area contributed by atoms with Gasteiger partial charge in [0.2, 0.25) is 5.91 Å². The number of fused-ring (bicyclic) bond motifs is 1. The van der Waals surface area contributed by atoms with E-state index in [1.165, 1.54) is 17.5 Å². The molecule has 3 amide bonds. The van der Waals surface area contributed by atoms with Gasteiger partial charge < -0.3 is 15.5 Å². The van der Waals surface area contributed by atoms with E-state index in [4.69, 9.17) is 0 Å². The molecule has 2 rings (SSSR count). The summed E-state index contributed by atoms with van der Waals surface area (Å²) >= 11 is 0. The number of hydrogen-bond donors (Lipinski definition) is 2. The average Bonchev–Trinajstić information content (AvgIpc) is 2.64. The van der Waals surface area contributed by atoms with Crippen molar-refractivity contribution in [3.05, 3.63) is 35.4 Å². The molecular formula is C22H35N3O2. The fourth-order valence-electron chi connectivity index (χ4n) is 3.49. The maximum atomic E-state index is 12.4. The SMILES string of the molecule is CC(C)CCCC(C)NC(=O)NCCCC(=O)N1CCc2ccccc2C1. The summed E-state index contributed by atoms with van der Waals surface area (Å²) in [5, 5.41) is 5.84. The summed E-state index contributed by atoms with van der Waals surface area (Å²) in [5.74, 6) is 0.880. The molecule has 1 heterocycles. The molecule has 27 heavy (non-hydrogen) atoms. The van der Waals surface area contributed by atoms with Gasteiger partial charge in [-0.05, 0) is 43.2 Å². The van der Waals surface area contributed by atoms with E-state index in [9.17, 15) is 9.59 Å². The molecule has 2 N–H and O–H groups in total. The van der Waals surface area contributed by atoms with Crippen molar-refractivity contribution in [1.82, 2.24) is 15.5 Å². The number of urea groups is 1. The summed E-state index contributed by atoms with van der Waals surface area (Å²) in [6.45, 7) is 8.50. The quantitative estimate of drug-likeness (QED) is 0.646. The molecule has 0 radical (unpaired) electrons. The van der Waals surface area contributed by atoms with Crippen molar-refractivity contribution < 1.29 is 9.59 Å². The predicted octanol–water partition coefficient (Wildman–Crippen LogP) is 3.87. The van der Waals surface area contributed by atoms with E-state index in [-0.39, 0.29) is 18.0 Å². The molecule has 0 spiro atoms. The van der Waals surface area contributed by atoms with Gasteiger partial charge in [-0.3, -0.25) is 4.79 Å². The second-order valence-electron chi connectivity index (χ2n) is 8.06. The van der Waals surface area contributed by atoms with Crippen molar-refractivity contribution in [2.24, 2.45) is 5.92 Å². The number of hydrogen-bond acceptors (Lipinski definition) is 2. The molecule has 0 aliphatic carbocycles. The Kier molecular flexibility index (Phi) is 8.62. The number of nitrogens with one attached hydrogen (secondary N) is 2. The van der Waals surface area contributed by atoms with Gasteiger partial charge in [0.25, 0.3) is 0 Å². The second kappa shape index (κ2) is 11.0. The lowest BCUT2D eigenvalue weighted by Gasteiger charge is -2.29. The Morgan fingerprint density at radius 3 is 2.56 bits per heavy atom. The first-order valence-electron chi connectivity index (χ1n) is 10.3. The van der Waals surface area contributed by atoms with Crippen LogP contribution in [-0.4, -0.2) is 36.0 Å². The summed E-state index contributed by atoms with van der Waals surface area (Å²) < 4.78 is 0. The van der Waals surface area contributed by atoms with Crippen molar-refractivity contribution in [3.8, 4) is 0 Å². The van der Waals surface area contributed by atoms with E-state index in [1.54, 1.807) is 0 Å². The largest absolute Gasteiger partial charge is 0.338 e. The molecular weight excluding hydrogens is 338 g/mol. The molecule has 1 unspecified atom stereocenters. The van der Waals surface area contributed by atoms with Gasteiger partial charge in [-0.2, -0.15) is 0 Å². The number of rotatable bonds is 9. The van der Waals surface area contributed by atoms with Crippen LogP contribution < -0.4 is 10.6 Å². The van der Waals surface area contributed by atoms with E-state index in [0.717, 1.165) is 25.8 Å². The van der Waals surface area contributed by atoms with Gasteiger partial charge in [0.1, 0.15) is 0 Å². The highest BCUT2D eigenvalue weighted by molar-refractivity contribution is 5.77. The van der Waals surface area contributed by atoms with Crippen molar-refractivity contribution in [1.29, 1.82) is 0 Å². The molecule has 0 fully saturated rings. The van der Waals surface area contributed by atoms with Crippen LogP contribution in [0.5, 0.6) is 0 Å². The molecule has 1 aromatic carbocycles. The van der Waals surface area contributed by atoms with Crippen LogP contribution in [0.4, 0.5) is 4.79 Å². The summed E-state index contributed by atoms with van der Waals surface area (Å²) in [4.78, 5) is 26.2. The van der Waals surface area contributed by atoms with Gasteiger partial charge in [-0.1, -0.05) is 51.0 Å². The Morgan fingerprint density at radius 1 is 1.07 bits per heavy atom. The maximum absolute atomic E-state index is 12.4. The highest BCUT2D eigenvalue weighted by Crippen LogP contribution is 2.19. The number of nitrogens with zero attached hydrogens (tertiary/aromatic N) is 1. The number of amides is 3. The first-order chi connectivity index (χ1) is 13.0. The standard InChI is InChI=1S/C22H35N3O2/c1-17(2)8-6-9-18(3)24-22(27)23-14-7-12-21(26)25-15-13-19-10-4-5-11-20(19)16-25/h4-5,10-11,17-18H,6-9,12-16H2,1-3H3,(H2,23,24,27). The fourth-order valence-corrected chi connectivity index (χ4v) is 3.49. The first-order valence-corrected chi connectivity index (χ1v) is 10.3. The second-order valence-corrected chi connectivity index (χ2v) is 8.06. The lowest BCUT2D eigenvalue weighted by Crippen LogP contribution is -2.41. The number of carbonyl (C=O) groups excluding carboxylic acids is 2. The predicted molar refractivity (Wildman–Crippen MR) is 109 cm³/mol. The van der Waals surface area contributed by atoms with Crippen molar-refractivity contribution in [3.63, 3.8) is 0 Å². The zero-order chi connectivity index (χ0) is 19.6. The highest BCUT2D eigenvalue weighted by Gasteiger charge is 2.19. The molecule has 1 aliphatic heterocycles. The molecule has 0 saturated carbocycles. The van der Waals surface area contributed by atoms with E-state index in [0.29, 0.717) is 31.8 Å². The van der Waals surface area contributed by atoms with Crippen LogP contribution in [0, 0.1) is 5.92 Å². The minimum atomic E-state index is -0.133. The van der Waals surface area contributed by atoms with Crippen LogP contribution in [0.15, 0.2) is 24.3 Å². The molecule has 1 aromatic rings. The Morgan fingerprint density at radius 2 is 1.81 bits per heavy atom. The van der Waals surface area contributed by atoms with E-state index >= 15 is 0 Å². The summed E-state index contributed by atoms with van der Waals surface area (Å²) in [6, 6.07) is 8.37. The zero-order valence-corrected chi connectivity index (χ0v) is 17.1. The summed E-state index contributed by atoms with van der Waals surface area (Å²) in [5.41, 5.74) is 2.60. The first kappa shape index (κ1) is 21.3. The topological polar surface area (TPSA) is 61.4 Å². The molecule has 1 aliphatic rings. The number of carbonyl (C=O) groups is 2. The van der Waals surface area contributed by atoms with E-state index < -0.39 is 0 Å². The summed E-state index contributed by atoms with van der Waals surface area (Å²) in [6.07, 6.45) is 5.40. The zero-order valence-electron chi connectivity index (χ0n) is 17.1. The minimum Gasteiger partial charge on any atom is -0.338 e. The minimum absolute atomic E-state index is 0.133. The average molecular weight is 374 g/mol. The van der Waals surface area contributed by atoms with Crippen LogP contribution in [0.25, 0.3) is 0 Å². The van der Waals surface area contributed by atoms with Crippen molar-refractivity contribution >= 4 is 11.9 Å². The van der Waals surface area contributed by atoms with Crippen LogP contribution in [-0.2, 0) is 17.8 Å². The Hall–Kier alpha value is -2.04. The highest BCUT2D eigenvalue weighted by atomic mass is 16.2. The normalized spacial score (nSPS) is 14.6. The van der Waals surface area contributed by atoms with E-state index in [2.05, 4.69) is 42.7 Å². The third-order valence-electron chi connectivity index (χ3n) is 5.13. The number of benzene rings is 1. The van der Waals surface area contributed by atoms with Crippen LogP contribution in [0.3, 0.4) is 0 Å². The molecule has 0 aromatic heterocycles. The molecule has 1 atom stereocenters. The third kappa shape index (κ3) is 7.61. The molecule has 5 heteroatoms. The van der Waals surface area contributed by atoms with Gasteiger partial charge in [-0.15, -0.1) is 0 Å². The monoisotopic (exact) mass is 373 g/mol. The molecule has 150 valence electrons. The van der Waals surface area contributed by atoms with Gasteiger partial charge in [-0.25, -0.2) is 4.79 Å². The van der Waals surface area contributed by atoms with Crippen LogP contribution in [0.1, 0.15) is 64.0 Å². The molecule has 5 nitrogen and oxygen atoms in total. The Balaban J connectivity index is 1.58. The van der Waals surface area contributed by atoms with Crippen molar-refractivity contribution in [2.75, 3.05) is 13.1 Å². The van der Waals surface area contributed by atoms with Crippen LogP contribution >= 0.6 is 0 Å². The van der Waals surface area contributed by atoms with Gasteiger partial charge in [0.15, 0.2) is 0 Å². The van der Waals surface area contributed by atoms with Crippen molar-refractivity contribution in [2.45, 2.75) is 71.9 Å². The fraction of sp³-hybridized carbons (Fsp3) is 0.636. The van der Waals surface area contributed by atoms with Gasteiger partial charge in [0, 0.05) is 32.1 Å². The van der Waals surface area contributed by atoms with Crippen LogP contribution in [0.2, 0.25) is 0 Å². The molecule has 0 bridgehead atoms. The summed E-state index contributed by atoms with van der Waals surface area (Å²) in [7, 11) is 0.